The van der Waals surface area contributed by atoms with Crippen LogP contribution in [-0.2, 0) is 16.0 Å². The lowest BCUT2D eigenvalue weighted by Gasteiger charge is -2.29. The van der Waals surface area contributed by atoms with Gasteiger partial charge in [-0.1, -0.05) is 32.1 Å². The Morgan fingerprint density at radius 2 is 2.00 bits per heavy atom. The summed E-state index contributed by atoms with van der Waals surface area (Å²) in [6, 6.07) is 0.180. The van der Waals surface area contributed by atoms with Crippen molar-refractivity contribution in [2.75, 3.05) is 6.61 Å². The lowest BCUT2D eigenvalue weighted by molar-refractivity contribution is -0.144. The fourth-order valence-corrected chi connectivity index (χ4v) is 4.96. The number of ether oxygens (including phenoxy) is 1. The third-order valence-corrected chi connectivity index (χ3v) is 6.33. The number of hydrogen-bond acceptors (Lipinski definition) is 5. The molecular formula is C21H30N4O3. The van der Waals surface area contributed by atoms with E-state index in [0.29, 0.717) is 35.9 Å². The summed E-state index contributed by atoms with van der Waals surface area (Å²) in [4.78, 5) is 32.2. The molecule has 0 aromatic carbocycles. The molecule has 0 bridgehead atoms. The van der Waals surface area contributed by atoms with Gasteiger partial charge in [0.1, 0.15) is 11.2 Å². The number of hydrogen-bond donors (Lipinski definition) is 1. The normalized spacial score (nSPS) is 23.3. The highest BCUT2D eigenvalue weighted by atomic mass is 16.5. The summed E-state index contributed by atoms with van der Waals surface area (Å²) < 4.78 is 7.05. The minimum atomic E-state index is -0.119. The van der Waals surface area contributed by atoms with Gasteiger partial charge in [0.05, 0.1) is 18.8 Å². The van der Waals surface area contributed by atoms with Crippen molar-refractivity contribution in [2.45, 2.75) is 77.2 Å². The zero-order valence-corrected chi connectivity index (χ0v) is 16.7. The van der Waals surface area contributed by atoms with Crippen LogP contribution in [0.2, 0.25) is 0 Å². The second-order valence-corrected chi connectivity index (χ2v) is 8.39. The van der Waals surface area contributed by atoms with E-state index in [1.165, 1.54) is 25.7 Å². The van der Waals surface area contributed by atoms with E-state index in [2.05, 4.69) is 10.1 Å². The highest BCUT2D eigenvalue weighted by Crippen LogP contribution is 2.35. The Morgan fingerprint density at radius 1 is 1.21 bits per heavy atom. The molecule has 152 valence electrons. The van der Waals surface area contributed by atoms with Gasteiger partial charge < -0.3 is 9.72 Å². The summed E-state index contributed by atoms with van der Waals surface area (Å²) in [6.07, 6.45) is 11.9. The molecule has 0 amide bonds. The molecule has 2 aromatic rings. The summed E-state index contributed by atoms with van der Waals surface area (Å²) in [5, 5.41) is 5.08. The Labute approximate surface area is 164 Å². The Bertz CT molecular complexity index is 881. The maximum absolute atomic E-state index is 12.5. The second kappa shape index (κ2) is 8.45. The third kappa shape index (κ3) is 4.13. The van der Waals surface area contributed by atoms with Crippen molar-refractivity contribution >= 4 is 17.0 Å². The minimum absolute atomic E-state index is 0.0943. The van der Waals surface area contributed by atoms with E-state index in [1.807, 2.05) is 11.6 Å². The van der Waals surface area contributed by atoms with Gasteiger partial charge in [-0.25, -0.2) is 9.67 Å². The van der Waals surface area contributed by atoms with Gasteiger partial charge in [0.2, 0.25) is 0 Å². The summed E-state index contributed by atoms with van der Waals surface area (Å²) in [5.41, 5.74) is 0.599. The number of nitrogens with zero attached hydrogens (tertiary/aromatic N) is 3. The van der Waals surface area contributed by atoms with Crippen LogP contribution in [-0.4, -0.2) is 32.3 Å². The first-order chi connectivity index (χ1) is 13.6. The largest absolute Gasteiger partial charge is 0.466 e. The van der Waals surface area contributed by atoms with E-state index in [4.69, 9.17) is 9.72 Å². The van der Waals surface area contributed by atoms with Gasteiger partial charge in [0.15, 0.2) is 5.65 Å². The number of esters is 1. The smallest absolute Gasteiger partial charge is 0.306 e. The molecule has 2 heterocycles. The number of aromatic nitrogens is 4. The van der Waals surface area contributed by atoms with Gasteiger partial charge in [-0.05, 0) is 38.0 Å². The van der Waals surface area contributed by atoms with Crippen molar-refractivity contribution in [3.63, 3.8) is 0 Å². The summed E-state index contributed by atoms with van der Waals surface area (Å²) in [5.74, 6) is 1.59. The van der Waals surface area contributed by atoms with Crippen LogP contribution in [0.3, 0.4) is 0 Å². The van der Waals surface area contributed by atoms with Crippen LogP contribution in [0.1, 0.15) is 76.6 Å². The van der Waals surface area contributed by atoms with E-state index in [1.54, 1.807) is 6.20 Å². The molecule has 0 aliphatic heterocycles. The third-order valence-electron chi connectivity index (χ3n) is 6.33. The molecule has 28 heavy (non-hydrogen) atoms. The quantitative estimate of drug-likeness (QED) is 0.767. The molecule has 0 radical (unpaired) electrons. The predicted octanol–water partition coefficient (Wildman–Crippen LogP) is 3.54. The van der Waals surface area contributed by atoms with E-state index in [-0.39, 0.29) is 17.6 Å². The Morgan fingerprint density at radius 3 is 2.79 bits per heavy atom. The van der Waals surface area contributed by atoms with Gasteiger partial charge in [0, 0.05) is 12.8 Å². The molecule has 2 saturated carbocycles. The predicted molar refractivity (Wildman–Crippen MR) is 106 cm³/mol. The molecule has 2 aromatic heterocycles. The first kappa shape index (κ1) is 19.2. The minimum Gasteiger partial charge on any atom is -0.466 e. The summed E-state index contributed by atoms with van der Waals surface area (Å²) in [6.45, 7) is 2.26. The molecule has 2 unspecified atom stereocenters. The Kier molecular flexibility index (Phi) is 5.78. The van der Waals surface area contributed by atoms with E-state index in [9.17, 15) is 9.59 Å². The van der Waals surface area contributed by atoms with Gasteiger partial charge in [-0.2, -0.15) is 5.10 Å². The Hall–Kier alpha value is -2.18. The maximum Gasteiger partial charge on any atom is 0.306 e. The van der Waals surface area contributed by atoms with Crippen molar-refractivity contribution in [1.82, 2.24) is 19.7 Å². The number of aromatic amines is 1. The van der Waals surface area contributed by atoms with E-state index < -0.39 is 0 Å². The lowest BCUT2D eigenvalue weighted by Crippen LogP contribution is -2.23. The number of rotatable bonds is 6. The van der Waals surface area contributed by atoms with Crippen molar-refractivity contribution < 1.29 is 9.53 Å². The molecule has 0 saturated heterocycles. The zero-order chi connectivity index (χ0) is 19.5. The number of carbonyl (C=O) groups is 1. The number of fused-ring (bicyclic) bond motifs is 1. The van der Waals surface area contributed by atoms with Crippen LogP contribution in [0.5, 0.6) is 0 Å². The van der Waals surface area contributed by atoms with E-state index >= 15 is 0 Å². The first-order valence-electron chi connectivity index (χ1n) is 10.8. The first-order valence-corrected chi connectivity index (χ1v) is 10.8. The molecule has 4 rings (SSSR count). The molecule has 0 spiro atoms. The van der Waals surface area contributed by atoms with E-state index in [0.717, 1.165) is 37.9 Å². The lowest BCUT2D eigenvalue weighted by atomic mass is 9.84. The summed E-state index contributed by atoms with van der Waals surface area (Å²) >= 11 is 0. The average Bonchev–Trinajstić information content (AvgIpc) is 3.32. The molecule has 7 heteroatoms. The number of H-pyrrole nitrogens is 1. The van der Waals surface area contributed by atoms with Crippen LogP contribution < -0.4 is 5.56 Å². The van der Waals surface area contributed by atoms with Crippen molar-refractivity contribution in [1.29, 1.82) is 0 Å². The Balaban J connectivity index is 1.55. The average molecular weight is 386 g/mol. The summed E-state index contributed by atoms with van der Waals surface area (Å²) in [7, 11) is 0. The highest BCUT2D eigenvalue weighted by molar-refractivity contribution is 5.73. The molecule has 2 atom stereocenters. The zero-order valence-electron chi connectivity index (χ0n) is 16.7. The monoisotopic (exact) mass is 386 g/mol. The topological polar surface area (TPSA) is 89.9 Å². The van der Waals surface area contributed by atoms with Gasteiger partial charge >= 0.3 is 5.97 Å². The number of nitrogens with one attached hydrogen (secondary N) is 1. The van der Waals surface area contributed by atoms with Crippen LogP contribution in [0.4, 0.5) is 0 Å². The number of carbonyl (C=O) groups excluding carboxylic acids is 1. The second-order valence-electron chi connectivity index (χ2n) is 8.39. The molecule has 2 fully saturated rings. The molecule has 2 aliphatic carbocycles. The molecule has 1 N–H and O–H groups in total. The molecule has 7 nitrogen and oxygen atoms in total. The standard InChI is InChI=1S/C21H30N4O3/c1-2-28-19(26)12-15-8-5-9-16(10-15)25-20-17(13-22-25)21(27)24-18(23-20)11-14-6-3-4-7-14/h13-16H,2-12H2,1H3,(H,23,24,27). The molecular weight excluding hydrogens is 356 g/mol. The van der Waals surface area contributed by atoms with Crippen molar-refractivity contribution in [2.24, 2.45) is 11.8 Å². The van der Waals surface area contributed by atoms with Crippen LogP contribution in [0.25, 0.3) is 11.0 Å². The fraction of sp³-hybridized carbons (Fsp3) is 0.714. The van der Waals surface area contributed by atoms with Gasteiger partial charge in [-0.3, -0.25) is 9.59 Å². The van der Waals surface area contributed by atoms with Gasteiger partial charge in [-0.15, -0.1) is 0 Å². The fourth-order valence-electron chi connectivity index (χ4n) is 4.96. The molecule has 2 aliphatic rings. The van der Waals surface area contributed by atoms with Crippen LogP contribution >= 0.6 is 0 Å². The van der Waals surface area contributed by atoms with Crippen molar-refractivity contribution in [3.8, 4) is 0 Å². The van der Waals surface area contributed by atoms with Gasteiger partial charge in [0.25, 0.3) is 5.56 Å². The van der Waals surface area contributed by atoms with Crippen LogP contribution in [0, 0.1) is 11.8 Å². The SMILES string of the molecule is CCOC(=O)CC1CCCC(n2ncc3c(=O)[nH]c(CC4CCCC4)nc32)C1. The maximum atomic E-state index is 12.5. The highest BCUT2D eigenvalue weighted by Gasteiger charge is 2.28. The van der Waals surface area contributed by atoms with Crippen LogP contribution in [0.15, 0.2) is 11.0 Å². The van der Waals surface area contributed by atoms with Crippen molar-refractivity contribution in [3.05, 3.63) is 22.4 Å².